The topological polar surface area (TPSA) is 72.6 Å². The van der Waals surface area contributed by atoms with Gasteiger partial charge in [0.2, 0.25) is 0 Å². The molecule has 2 aromatic carbocycles. The monoisotopic (exact) mass is 405 g/mol. The Bertz CT molecular complexity index is 967. The van der Waals surface area contributed by atoms with Crippen molar-refractivity contribution in [3.63, 3.8) is 0 Å². The molecule has 0 aliphatic carbocycles. The summed E-state index contributed by atoms with van der Waals surface area (Å²) in [6.07, 6.45) is -3.20. The number of aliphatic carboxylic acids is 1. The van der Waals surface area contributed by atoms with Crippen LogP contribution in [0.25, 0.3) is 0 Å². The molecular weight excluding hydrogens is 387 g/mol. The van der Waals surface area contributed by atoms with Gasteiger partial charge in [-0.1, -0.05) is 29.4 Å². The minimum Gasteiger partial charge on any atom is -0.489 e. The highest BCUT2D eigenvalue weighted by atomic mass is 19.4. The predicted octanol–water partition coefficient (Wildman–Crippen LogP) is 5.19. The van der Waals surface area contributed by atoms with Crippen LogP contribution in [-0.2, 0) is 17.6 Å². The molecule has 0 saturated carbocycles. The number of hydrogen-bond acceptors (Lipinski definition) is 4. The Hall–Kier alpha value is -3.29. The second-order valence-corrected chi connectivity index (χ2v) is 6.58. The molecule has 29 heavy (non-hydrogen) atoms. The van der Waals surface area contributed by atoms with Crippen molar-refractivity contribution in [2.75, 3.05) is 0 Å². The molecule has 0 unspecified atom stereocenters. The van der Waals surface area contributed by atoms with Gasteiger partial charge in [0, 0.05) is 12.0 Å². The van der Waals surface area contributed by atoms with Gasteiger partial charge in [0.15, 0.2) is 0 Å². The number of benzene rings is 2. The summed E-state index contributed by atoms with van der Waals surface area (Å²) in [6.45, 7) is 1.39. The maximum Gasteiger partial charge on any atom is 0.416 e. The third kappa shape index (κ3) is 5.16. The number of alkyl halides is 3. The molecule has 152 valence electrons. The number of carbonyl (C=O) groups is 1. The van der Waals surface area contributed by atoms with Crippen LogP contribution in [0.3, 0.4) is 0 Å². The van der Waals surface area contributed by atoms with Crippen LogP contribution in [0, 0.1) is 6.92 Å². The van der Waals surface area contributed by atoms with Gasteiger partial charge in [-0.2, -0.15) is 13.2 Å². The maximum absolute atomic E-state index is 13.0. The van der Waals surface area contributed by atoms with E-state index < -0.39 is 23.6 Å². The molecule has 1 heterocycles. The van der Waals surface area contributed by atoms with Gasteiger partial charge in [-0.15, -0.1) is 0 Å². The van der Waals surface area contributed by atoms with Crippen molar-refractivity contribution >= 4 is 5.97 Å². The summed E-state index contributed by atoms with van der Waals surface area (Å²) in [5.74, 6) is -0.998. The normalized spacial score (nSPS) is 12.6. The Morgan fingerprint density at radius 3 is 2.48 bits per heavy atom. The van der Waals surface area contributed by atoms with E-state index in [1.54, 1.807) is 36.4 Å². The molecule has 0 saturated heterocycles. The number of rotatable bonds is 7. The summed E-state index contributed by atoms with van der Waals surface area (Å²) in [5.41, 5.74) is 1.09. The Morgan fingerprint density at radius 2 is 1.90 bits per heavy atom. The van der Waals surface area contributed by atoms with E-state index in [-0.39, 0.29) is 18.6 Å². The molecule has 8 heteroatoms. The fraction of sp³-hybridized carbons (Fsp3) is 0.238. The number of aryl methyl sites for hydroxylation is 1. The third-order valence-electron chi connectivity index (χ3n) is 4.49. The number of halogens is 3. The molecule has 0 spiro atoms. The molecule has 1 aromatic heterocycles. The minimum atomic E-state index is -4.41. The van der Waals surface area contributed by atoms with Gasteiger partial charge < -0.3 is 14.4 Å². The Labute approximate surface area is 164 Å². The quantitative estimate of drug-likeness (QED) is 0.586. The van der Waals surface area contributed by atoms with Gasteiger partial charge in [-0.25, -0.2) is 0 Å². The molecule has 1 atom stereocenters. The molecule has 0 fully saturated rings. The minimum absolute atomic E-state index is 0.0233. The third-order valence-corrected chi connectivity index (χ3v) is 4.49. The number of hydrogen-bond donors (Lipinski definition) is 1. The highest BCUT2D eigenvalue weighted by Gasteiger charge is 2.32. The zero-order chi connectivity index (χ0) is 21.0. The van der Waals surface area contributed by atoms with Crippen molar-refractivity contribution in [3.8, 4) is 5.75 Å². The van der Waals surface area contributed by atoms with Gasteiger partial charge in [0.25, 0.3) is 0 Å². The van der Waals surface area contributed by atoms with Gasteiger partial charge in [-0.05, 0) is 41.8 Å². The second-order valence-electron chi connectivity index (χ2n) is 6.58. The molecule has 0 amide bonds. The molecule has 3 rings (SSSR count). The zero-order valence-corrected chi connectivity index (χ0v) is 15.4. The lowest BCUT2D eigenvalue weighted by Crippen LogP contribution is -2.09. The van der Waals surface area contributed by atoms with Gasteiger partial charge in [0.1, 0.15) is 18.6 Å². The van der Waals surface area contributed by atoms with Crippen molar-refractivity contribution in [2.24, 2.45) is 0 Å². The molecule has 0 bridgehead atoms. The van der Waals surface area contributed by atoms with E-state index in [0.29, 0.717) is 22.6 Å². The first-order valence-corrected chi connectivity index (χ1v) is 8.75. The lowest BCUT2D eigenvalue weighted by Gasteiger charge is -2.14. The number of aromatic nitrogens is 1. The van der Waals surface area contributed by atoms with Crippen LogP contribution >= 0.6 is 0 Å². The number of nitrogens with zero attached hydrogens (tertiary/aromatic N) is 1. The van der Waals surface area contributed by atoms with Crippen LogP contribution in [0.1, 0.15) is 40.3 Å². The summed E-state index contributed by atoms with van der Waals surface area (Å²) in [5, 5.41) is 13.0. The van der Waals surface area contributed by atoms with Crippen LogP contribution in [0.5, 0.6) is 5.75 Å². The second kappa shape index (κ2) is 8.38. The van der Waals surface area contributed by atoms with Gasteiger partial charge in [0.05, 0.1) is 17.7 Å². The van der Waals surface area contributed by atoms with E-state index in [1.165, 1.54) is 19.3 Å². The summed E-state index contributed by atoms with van der Waals surface area (Å²) in [4.78, 5) is 11.2. The maximum atomic E-state index is 13.0. The first-order chi connectivity index (χ1) is 13.7. The Morgan fingerprint density at radius 1 is 1.17 bits per heavy atom. The lowest BCUT2D eigenvalue weighted by atomic mass is 9.92. The van der Waals surface area contributed by atoms with Crippen LogP contribution in [0.15, 0.2) is 59.3 Å². The van der Waals surface area contributed by atoms with E-state index in [4.69, 9.17) is 14.4 Å². The summed E-state index contributed by atoms with van der Waals surface area (Å²) in [7, 11) is 0. The van der Waals surface area contributed by atoms with Crippen LogP contribution in [0.4, 0.5) is 13.2 Å². The van der Waals surface area contributed by atoms with Crippen molar-refractivity contribution in [1.29, 1.82) is 0 Å². The van der Waals surface area contributed by atoms with E-state index in [0.717, 1.165) is 6.07 Å². The van der Waals surface area contributed by atoms with E-state index in [2.05, 4.69) is 5.16 Å². The standard InChI is InChI=1S/C21H18F3NO4/c1-13-2-3-14(10-18(13)21(22,23)24)12-28-16-6-4-15(5-7-16)17(11-20(26)27)19-8-9-29-25-19/h2-10,17H,11-12H2,1H3,(H,26,27)/t17-/m0/s1. The zero-order valence-electron chi connectivity index (χ0n) is 15.4. The van der Waals surface area contributed by atoms with E-state index in [9.17, 15) is 18.0 Å². The summed E-state index contributed by atoms with van der Waals surface area (Å²) >= 11 is 0. The average Bonchev–Trinajstić information content (AvgIpc) is 3.19. The fourth-order valence-electron chi connectivity index (χ4n) is 3.00. The van der Waals surface area contributed by atoms with Crippen LogP contribution in [-0.4, -0.2) is 16.2 Å². The first-order valence-electron chi connectivity index (χ1n) is 8.75. The van der Waals surface area contributed by atoms with E-state index >= 15 is 0 Å². The highest BCUT2D eigenvalue weighted by molar-refractivity contribution is 5.68. The fourth-order valence-corrected chi connectivity index (χ4v) is 3.00. The average molecular weight is 405 g/mol. The van der Waals surface area contributed by atoms with Crippen molar-refractivity contribution in [1.82, 2.24) is 5.16 Å². The Kier molecular flexibility index (Phi) is 5.91. The Balaban J connectivity index is 1.72. The number of carboxylic acids is 1. The molecule has 3 aromatic rings. The lowest BCUT2D eigenvalue weighted by molar-refractivity contribution is -0.138. The number of ether oxygens (including phenoxy) is 1. The predicted molar refractivity (Wildman–Crippen MR) is 97.6 cm³/mol. The van der Waals surface area contributed by atoms with Crippen molar-refractivity contribution in [3.05, 3.63) is 82.7 Å². The molecule has 0 aliphatic rings. The summed E-state index contributed by atoms with van der Waals surface area (Å²) in [6, 6.07) is 12.4. The highest BCUT2D eigenvalue weighted by Crippen LogP contribution is 2.33. The largest absolute Gasteiger partial charge is 0.489 e. The molecule has 0 aliphatic heterocycles. The summed E-state index contributed by atoms with van der Waals surface area (Å²) < 4.78 is 49.5. The molecule has 1 N–H and O–H groups in total. The first kappa shape index (κ1) is 20.4. The van der Waals surface area contributed by atoms with Gasteiger partial charge in [-0.3, -0.25) is 4.79 Å². The number of carboxylic acid groups (broad SMARTS) is 1. The SMILES string of the molecule is Cc1ccc(COc2ccc([C@H](CC(=O)O)c3ccon3)cc2)cc1C(F)(F)F. The van der Waals surface area contributed by atoms with Crippen molar-refractivity contribution in [2.45, 2.75) is 32.0 Å². The molecular formula is C21H18F3NO4. The van der Waals surface area contributed by atoms with Crippen molar-refractivity contribution < 1.29 is 32.3 Å². The molecule has 5 nitrogen and oxygen atoms in total. The van der Waals surface area contributed by atoms with Crippen LogP contribution < -0.4 is 4.74 Å². The smallest absolute Gasteiger partial charge is 0.416 e. The van der Waals surface area contributed by atoms with E-state index in [1.807, 2.05) is 0 Å². The van der Waals surface area contributed by atoms with Gasteiger partial charge >= 0.3 is 12.1 Å². The molecule has 0 radical (unpaired) electrons. The van der Waals surface area contributed by atoms with Crippen LogP contribution in [0.2, 0.25) is 0 Å².